The molecular weight excluding hydrogens is 236 g/mol. The van der Waals surface area contributed by atoms with E-state index in [1.807, 2.05) is 18.9 Å². The molecule has 0 unspecified atom stereocenters. The Hall–Kier alpha value is -1.01. The maximum atomic E-state index is 12.4. The molecule has 0 bridgehead atoms. The largest absolute Gasteiger partial charge is 0.334 e. The molecule has 17 heavy (non-hydrogen) atoms. The van der Waals surface area contributed by atoms with Crippen molar-refractivity contribution in [3.63, 3.8) is 0 Å². The van der Waals surface area contributed by atoms with Crippen molar-refractivity contribution < 1.29 is 4.79 Å². The Balaban J connectivity index is 2.14. The predicted molar refractivity (Wildman–Crippen MR) is 67.3 cm³/mol. The van der Waals surface area contributed by atoms with Gasteiger partial charge in [0.05, 0.1) is 5.69 Å². The van der Waals surface area contributed by atoms with E-state index in [-0.39, 0.29) is 5.91 Å². The highest BCUT2D eigenvalue weighted by atomic mass is 32.1. The van der Waals surface area contributed by atoms with Gasteiger partial charge in [-0.2, -0.15) is 0 Å². The maximum absolute atomic E-state index is 12.4. The molecule has 1 aromatic rings. The third kappa shape index (κ3) is 2.47. The first kappa shape index (κ1) is 12.4. The summed E-state index contributed by atoms with van der Waals surface area (Å²) in [6.07, 6.45) is 2.94. The van der Waals surface area contributed by atoms with E-state index < -0.39 is 0 Å². The highest BCUT2D eigenvalue weighted by Crippen LogP contribution is 2.22. The molecule has 5 nitrogen and oxygen atoms in total. The van der Waals surface area contributed by atoms with E-state index >= 15 is 0 Å². The quantitative estimate of drug-likeness (QED) is 0.868. The zero-order valence-corrected chi connectivity index (χ0v) is 11.1. The Morgan fingerprint density at radius 1 is 1.65 bits per heavy atom. The van der Waals surface area contributed by atoms with Crippen LogP contribution in [0.5, 0.6) is 0 Å². The fourth-order valence-electron chi connectivity index (χ4n) is 2.28. The van der Waals surface area contributed by atoms with E-state index in [9.17, 15) is 4.79 Å². The average molecular weight is 254 g/mol. The summed E-state index contributed by atoms with van der Waals surface area (Å²) in [5.41, 5.74) is 0.829. The minimum atomic E-state index is 0.106. The van der Waals surface area contributed by atoms with Crippen LogP contribution in [0.25, 0.3) is 0 Å². The first-order chi connectivity index (χ1) is 8.27. The lowest BCUT2D eigenvalue weighted by molar-refractivity contribution is 0.0740. The lowest BCUT2D eigenvalue weighted by Gasteiger charge is -2.23. The van der Waals surface area contributed by atoms with Crippen LogP contribution < -0.4 is 5.32 Å². The molecule has 1 saturated heterocycles. The molecule has 6 heteroatoms. The third-order valence-electron chi connectivity index (χ3n) is 3.16. The summed E-state index contributed by atoms with van der Waals surface area (Å²) in [6, 6.07) is 0.319. The Kier molecular flexibility index (Phi) is 4.06. The van der Waals surface area contributed by atoms with Gasteiger partial charge in [0.15, 0.2) is 0 Å². The molecule has 0 aliphatic carbocycles. The molecule has 1 N–H and O–H groups in total. The van der Waals surface area contributed by atoms with Gasteiger partial charge in [-0.05, 0) is 37.8 Å². The van der Waals surface area contributed by atoms with Crippen molar-refractivity contribution in [2.75, 3.05) is 20.1 Å². The number of hydrogen-bond donors (Lipinski definition) is 1. The van der Waals surface area contributed by atoms with Gasteiger partial charge >= 0.3 is 0 Å². The summed E-state index contributed by atoms with van der Waals surface area (Å²) in [5, 5.41) is 7.15. The van der Waals surface area contributed by atoms with Crippen molar-refractivity contribution in [1.82, 2.24) is 19.8 Å². The zero-order chi connectivity index (χ0) is 12.3. The second kappa shape index (κ2) is 5.55. The van der Waals surface area contributed by atoms with Gasteiger partial charge in [0.2, 0.25) is 0 Å². The van der Waals surface area contributed by atoms with E-state index in [1.54, 1.807) is 0 Å². The van der Waals surface area contributed by atoms with Crippen LogP contribution >= 0.6 is 11.5 Å². The van der Waals surface area contributed by atoms with Gasteiger partial charge in [0.25, 0.3) is 5.91 Å². The highest BCUT2D eigenvalue weighted by molar-refractivity contribution is 7.08. The SMILES string of the molecule is CCc1nnsc1C(=O)N1CCC[C@H]1CNC. The van der Waals surface area contributed by atoms with Crippen LogP contribution in [-0.2, 0) is 6.42 Å². The summed E-state index contributed by atoms with van der Waals surface area (Å²) in [5.74, 6) is 0.106. The molecule has 2 heterocycles. The average Bonchev–Trinajstić information content (AvgIpc) is 2.96. The lowest BCUT2D eigenvalue weighted by atomic mass is 10.2. The van der Waals surface area contributed by atoms with Gasteiger partial charge in [-0.3, -0.25) is 4.79 Å². The van der Waals surface area contributed by atoms with E-state index in [4.69, 9.17) is 0 Å². The number of rotatable bonds is 4. The smallest absolute Gasteiger partial charge is 0.267 e. The summed E-state index contributed by atoms with van der Waals surface area (Å²) in [4.78, 5) is 15.1. The molecule has 94 valence electrons. The number of aryl methyl sites for hydroxylation is 1. The van der Waals surface area contributed by atoms with Gasteiger partial charge in [0, 0.05) is 19.1 Å². The van der Waals surface area contributed by atoms with Crippen molar-refractivity contribution in [2.45, 2.75) is 32.2 Å². The first-order valence-corrected chi connectivity index (χ1v) is 6.82. The molecule has 0 aromatic carbocycles. The van der Waals surface area contributed by atoms with Crippen LogP contribution in [0.3, 0.4) is 0 Å². The third-order valence-corrected chi connectivity index (χ3v) is 3.92. The number of carbonyl (C=O) groups is 1. The number of likely N-dealkylation sites (tertiary alicyclic amines) is 1. The molecule has 1 atom stereocenters. The standard InChI is InChI=1S/C11H18N4OS/c1-3-9-10(17-14-13-9)11(16)15-6-4-5-8(15)7-12-2/h8,12H,3-7H2,1-2H3/t8-/m0/s1. The van der Waals surface area contributed by atoms with Crippen molar-refractivity contribution in [1.29, 1.82) is 0 Å². The summed E-state index contributed by atoms with van der Waals surface area (Å²) in [6.45, 7) is 3.72. The number of hydrogen-bond acceptors (Lipinski definition) is 5. The minimum Gasteiger partial charge on any atom is -0.334 e. The van der Waals surface area contributed by atoms with Gasteiger partial charge in [0.1, 0.15) is 4.88 Å². The molecule has 1 aliphatic heterocycles. The number of nitrogens with one attached hydrogen (secondary N) is 1. The Bertz CT molecular complexity index is 393. The van der Waals surface area contributed by atoms with Crippen molar-refractivity contribution in [3.05, 3.63) is 10.6 Å². The summed E-state index contributed by atoms with van der Waals surface area (Å²) >= 11 is 1.22. The van der Waals surface area contributed by atoms with Crippen molar-refractivity contribution in [3.8, 4) is 0 Å². The second-order valence-corrected chi connectivity index (χ2v) is 5.01. The number of aromatic nitrogens is 2. The van der Waals surface area contributed by atoms with Crippen LogP contribution in [0.15, 0.2) is 0 Å². The van der Waals surface area contributed by atoms with E-state index in [2.05, 4.69) is 14.9 Å². The molecule has 0 saturated carbocycles. The number of carbonyl (C=O) groups excluding carboxylic acids is 1. The van der Waals surface area contributed by atoms with Crippen LogP contribution in [-0.4, -0.2) is 46.6 Å². The molecule has 0 spiro atoms. The highest BCUT2D eigenvalue weighted by Gasteiger charge is 2.31. The molecular formula is C11H18N4OS. The van der Waals surface area contributed by atoms with Crippen LogP contribution in [0.1, 0.15) is 35.1 Å². The van der Waals surface area contributed by atoms with E-state index in [0.717, 1.165) is 42.9 Å². The molecule has 1 amide bonds. The molecule has 0 radical (unpaired) electrons. The predicted octanol–water partition coefficient (Wildman–Crippen LogP) is 0.924. The van der Waals surface area contributed by atoms with Crippen LogP contribution in [0, 0.1) is 0 Å². The topological polar surface area (TPSA) is 58.1 Å². The molecule has 1 fully saturated rings. The first-order valence-electron chi connectivity index (χ1n) is 6.04. The van der Waals surface area contributed by atoms with E-state index in [1.165, 1.54) is 11.5 Å². The van der Waals surface area contributed by atoms with Crippen LogP contribution in [0.2, 0.25) is 0 Å². The van der Waals surface area contributed by atoms with Crippen molar-refractivity contribution >= 4 is 17.4 Å². The molecule has 1 aliphatic rings. The van der Waals surface area contributed by atoms with Gasteiger partial charge < -0.3 is 10.2 Å². The fraction of sp³-hybridized carbons (Fsp3) is 0.727. The molecule has 1 aromatic heterocycles. The maximum Gasteiger partial charge on any atom is 0.267 e. The normalized spacial score (nSPS) is 19.9. The lowest BCUT2D eigenvalue weighted by Crippen LogP contribution is -2.40. The van der Waals surface area contributed by atoms with Crippen LogP contribution in [0.4, 0.5) is 0 Å². The number of amides is 1. The van der Waals surface area contributed by atoms with Gasteiger partial charge in [-0.15, -0.1) is 5.10 Å². The van der Waals surface area contributed by atoms with Gasteiger partial charge in [-0.25, -0.2) is 0 Å². The van der Waals surface area contributed by atoms with Gasteiger partial charge in [-0.1, -0.05) is 11.4 Å². The Morgan fingerprint density at radius 3 is 3.18 bits per heavy atom. The second-order valence-electron chi connectivity index (χ2n) is 4.25. The zero-order valence-electron chi connectivity index (χ0n) is 10.3. The summed E-state index contributed by atoms with van der Waals surface area (Å²) < 4.78 is 3.89. The monoisotopic (exact) mass is 254 g/mol. The number of nitrogens with zero attached hydrogens (tertiary/aromatic N) is 3. The van der Waals surface area contributed by atoms with Crippen molar-refractivity contribution in [2.24, 2.45) is 0 Å². The Morgan fingerprint density at radius 2 is 2.47 bits per heavy atom. The minimum absolute atomic E-state index is 0.106. The van der Waals surface area contributed by atoms with E-state index in [0.29, 0.717) is 6.04 Å². The molecule has 2 rings (SSSR count). The summed E-state index contributed by atoms with van der Waals surface area (Å²) in [7, 11) is 1.92. The Labute approximate surface area is 105 Å². The fourth-order valence-corrected chi connectivity index (χ4v) is 2.99. The number of likely N-dealkylation sites (N-methyl/N-ethyl adjacent to an activating group) is 1.